The summed E-state index contributed by atoms with van der Waals surface area (Å²) in [4.78, 5) is 4.62. The Labute approximate surface area is 151 Å². The first kappa shape index (κ1) is 16.0. The van der Waals surface area contributed by atoms with Gasteiger partial charge in [0.1, 0.15) is 22.9 Å². The Hall–Kier alpha value is -3.52. The number of allylic oxidation sites excluding steroid dienone is 1. The van der Waals surface area contributed by atoms with Gasteiger partial charge in [-0.15, -0.1) is 0 Å². The van der Waals surface area contributed by atoms with E-state index in [1.165, 1.54) is 0 Å². The molecule has 0 radical (unpaired) electrons. The van der Waals surface area contributed by atoms with E-state index in [0.717, 1.165) is 33.5 Å². The van der Waals surface area contributed by atoms with E-state index in [0.29, 0.717) is 11.3 Å². The molecule has 0 spiro atoms. The first-order valence-corrected chi connectivity index (χ1v) is 8.24. The molecule has 1 aromatic heterocycles. The molecule has 1 atom stereocenters. The summed E-state index contributed by atoms with van der Waals surface area (Å²) in [6, 6.07) is 17.8. The monoisotopic (exact) mass is 343 g/mol. The number of rotatable bonds is 2. The van der Waals surface area contributed by atoms with E-state index in [9.17, 15) is 5.26 Å². The number of pyridine rings is 1. The fourth-order valence-corrected chi connectivity index (χ4v) is 3.34. The zero-order valence-electron chi connectivity index (χ0n) is 14.5. The Morgan fingerprint density at radius 1 is 1.12 bits per heavy atom. The number of hydrogen-bond acceptors (Lipinski definition) is 5. The zero-order valence-corrected chi connectivity index (χ0v) is 14.5. The summed E-state index contributed by atoms with van der Waals surface area (Å²) in [6.07, 6.45) is 0. The number of hydrogen-bond donors (Lipinski definition) is 1. The summed E-state index contributed by atoms with van der Waals surface area (Å²) in [5.74, 6) is 1.19. The van der Waals surface area contributed by atoms with E-state index >= 15 is 0 Å². The molecule has 4 rings (SSSR count). The Morgan fingerprint density at radius 2 is 1.85 bits per heavy atom. The number of fused-ring (bicyclic) bond motifs is 3. The average molecular weight is 343 g/mol. The van der Waals surface area contributed by atoms with Crippen molar-refractivity contribution in [3.8, 4) is 17.6 Å². The standard InChI is InChI=1S/C21H17N3O2/c1-12-3-4-14-7-10-16-18(13-5-8-15(25-2)9-6-13)17(11-22)21(23)26-20(16)19(14)24-12/h3-10,18H,23H2,1-2H3. The van der Waals surface area contributed by atoms with Crippen LogP contribution in [0.5, 0.6) is 11.5 Å². The van der Waals surface area contributed by atoms with Crippen LogP contribution in [0.1, 0.15) is 22.7 Å². The molecule has 26 heavy (non-hydrogen) atoms. The van der Waals surface area contributed by atoms with Crippen molar-refractivity contribution in [1.82, 2.24) is 4.98 Å². The molecule has 128 valence electrons. The SMILES string of the molecule is COc1ccc(C2C(C#N)=C(N)Oc3c2ccc2ccc(C)nc32)cc1. The van der Waals surface area contributed by atoms with Crippen molar-refractivity contribution in [2.24, 2.45) is 5.73 Å². The van der Waals surface area contributed by atoms with Gasteiger partial charge < -0.3 is 15.2 Å². The molecule has 0 saturated heterocycles. The number of methoxy groups -OCH3 is 1. The highest BCUT2D eigenvalue weighted by molar-refractivity contribution is 5.87. The highest BCUT2D eigenvalue weighted by atomic mass is 16.5. The maximum absolute atomic E-state index is 9.67. The van der Waals surface area contributed by atoms with Crippen LogP contribution in [0.2, 0.25) is 0 Å². The third kappa shape index (κ3) is 2.44. The number of aromatic nitrogens is 1. The molecule has 2 aromatic carbocycles. The lowest BCUT2D eigenvalue weighted by atomic mass is 9.83. The van der Waals surface area contributed by atoms with Gasteiger partial charge in [-0.25, -0.2) is 4.98 Å². The topological polar surface area (TPSA) is 81.2 Å². The molecule has 0 fully saturated rings. The number of aryl methyl sites for hydroxylation is 1. The number of nitriles is 1. The number of ether oxygens (including phenoxy) is 2. The van der Waals surface area contributed by atoms with E-state index < -0.39 is 0 Å². The maximum Gasteiger partial charge on any atom is 0.205 e. The average Bonchev–Trinajstić information content (AvgIpc) is 2.67. The van der Waals surface area contributed by atoms with Crippen LogP contribution < -0.4 is 15.2 Å². The van der Waals surface area contributed by atoms with E-state index in [1.54, 1.807) is 7.11 Å². The molecule has 3 aromatic rings. The van der Waals surface area contributed by atoms with Crippen LogP contribution in [0.4, 0.5) is 0 Å². The predicted octanol–water partition coefficient (Wildman–Crippen LogP) is 3.77. The quantitative estimate of drug-likeness (QED) is 0.766. The highest BCUT2D eigenvalue weighted by Crippen LogP contribution is 2.45. The molecule has 1 unspecified atom stereocenters. The largest absolute Gasteiger partial charge is 0.497 e. The first-order valence-electron chi connectivity index (χ1n) is 8.24. The smallest absolute Gasteiger partial charge is 0.205 e. The van der Waals surface area contributed by atoms with Gasteiger partial charge in [0.25, 0.3) is 0 Å². The van der Waals surface area contributed by atoms with Gasteiger partial charge in [0.2, 0.25) is 5.88 Å². The molecule has 2 N–H and O–H groups in total. The van der Waals surface area contributed by atoms with Crippen LogP contribution >= 0.6 is 0 Å². The van der Waals surface area contributed by atoms with Gasteiger partial charge in [0.15, 0.2) is 5.75 Å². The molecular formula is C21H17N3O2. The van der Waals surface area contributed by atoms with Crippen LogP contribution in [-0.2, 0) is 0 Å². The van der Waals surface area contributed by atoms with Crippen molar-refractivity contribution < 1.29 is 9.47 Å². The second kappa shape index (κ2) is 6.08. The number of nitrogens with two attached hydrogens (primary N) is 1. The first-order chi connectivity index (χ1) is 12.6. The maximum atomic E-state index is 9.67. The second-order valence-corrected chi connectivity index (χ2v) is 6.21. The Balaban J connectivity index is 1.97. The fourth-order valence-electron chi connectivity index (χ4n) is 3.34. The van der Waals surface area contributed by atoms with Gasteiger partial charge >= 0.3 is 0 Å². The summed E-state index contributed by atoms with van der Waals surface area (Å²) in [5.41, 5.74) is 9.97. The van der Waals surface area contributed by atoms with Crippen molar-refractivity contribution in [2.75, 3.05) is 7.11 Å². The van der Waals surface area contributed by atoms with Gasteiger partial charge in [-0.2, -0.15) is 5.26 Å². The second-order valence-electron chi connectivity index (χ2n) is 6.21. The van der Waals surface area contributed by atoms with Gasteiger partial charge in [-0.1, -0.05) is 30.3 Å². The molecule has 0 aliphatic carbocycles. The lowest BCUT2D eigenvalue weighted by Gasteiger charge is -2.27. The molecule has 1 aliphatic rings. The molecule has 5 heteroatoms. The summed E-state index contributed by atoms with van der Waals surface area (Å²) in [7, 11) is 1.62. The highest BCUT2D eigenvalue weighted by Gasteiger charge is 2.32. The van der Waals surface area contributed by atoms with Crippen LogP contribution in [0.15, 0.2) is 60.0 Å². The molecular weight excluding hydrogens is 326 g/mol. The predicted molar refractivity (Wildman–Crippen MR) is 98.8 cm³/mol. The minimum atomic E-state index is -0.304. The third-order valence-corrected chi connectivity index (χ3v) is 4.63. The van der Waals surface area contributed by atoms with Gasteiger partial charge in [-0.05, 0) is 30.7 Å². The van der Waals surface area contributed by atoms with Gasteiger partial charge in [-0.3, -0.25) is 0 Å². The van der Waals surface area contributed by atoms with Crippen molar-refractivity contribution in [3.63, 3.8) is 0 Å². The zero-order chi connectivity index (χ0) is 18.3. The minimum absolute atomic E-state index is 0.122. The molecule has 1 aliphatic heterocycles. The van der Waals surface area contributed by atoms with E-state index in [2.05, 4.69) is 11.1 Å². The van der Waals surface area contributed by atoms with Crippen LogP contribution in [0, 0.1) is 18.3 Å². The molecule has 2 heterocycles. The molecule has 0 amide bonds. The Kier molecular flexibility index (Phi) is 3.74. The minimum Gasteiger partial charge on any atom is -0.497 e. The van der Waals surface area contributed by atoms with Gasteiger partial charge in [0, 0.05) is 16.6 Å². The van der Waals surface area contributed by atoms with Crippen molar-refractivity contribution >= 4 is 10.9 Å². The lowest BCUT2D eigenvalue weighted by Crippen LogP contribution is -2.21. The Bertz CT molecular complexity index is 1080. The lowest BCUT2D eigenvalue weighted by molar-refractivity contribution is 0.397. The van der Waals surface area contributed by atoms with E-state index in [1.807, 2.05) is 55.5 Å². The fraction of sp³-hybridized carbons (Fsp3) is 0.143. The molecule has 0 bridgehead atoms. The van der Waals surface area contributed by atoms with E-state index in [4.69, 9.17) is 15.2 Å². The summed E-state index contributed by atoms with van der Waals surface area (Å²) in [5, 5.41) is 10.6. The summed E-state index contributed by atoms with van der Waals surface area (Å²) < 4.78 is 11.1. The summed E-state index contributed by atoms with van der Waals surface area (Å²) >= 11 is 0. The van der Waals surface area contributed by atoms with Crippen LogP contribution in [0.3, 0.4) is 0 Å². The number of benzene rings is 2. The Morgan fingerprint density at radius 3 is 2.54 bits per heavy atom. The van der Waals surface area contributed by atoms with Crippen molar-refractivity contribution in [2.45, 2.75) is 12.8 Å². The van der Waals surface area contributed by atoms with Crippen LogP contribution in [0.25, 0.3) is 10.9 Å². The normalized spacial score (nSPS) is 16.0. The summed E-state index contributed by atoms with van der Waals surface area (Å²) in [6.45, 7) is 1.93. The van der Waals surface area contributed by atoms with Crippen molar-refractivity contribution in [1.29, 1.82) is 5.26 Å². The third-order valence-electron chi connectivity index (χ3n) is 4.63. The van der Waals surface area contributed by atoms with Crippen LogP contribution in [-0.4, -0.2) is 12.1 Å². The van der Waals surface area contributed by atoms with Crippen molar-refractivity contribution in [3.05, 3.63) is 76.8 Å². The molecule has 0 saturated carbocycles. The molecule has 5 nitrogen and oxygen atoms in total. The number of nitrogens with zero attached hydrogens (tertiary/aromatic N) is 2. The van der Waals surface area contributed by atoms with Gasteiger partial charge in [0.05, 0.1) is 13.0 Å². The van der Waals surface area contributed by atoms with E-state index in [-0.39, 0.29) is 11.8 Å².